The maximum atomic E-state index is 14.3. The van der Waals surface area contributed by atoms with Gasteiger partial charge in [-0.25, -0.2) is 9.29 Å². The minimum Gasteiger partial charge on any atom is -0.489 e. The quantitative estimate of drug-likeness (QED) is 0.233. The van der Waals surface area contributed by atoms with Crippen molar-refractivity contribution in [3.05, 3.63) is 98.2 Å². The lowest BCUT2D eigenvalue weighted by molar-refractivity contribution is -0.122. The van der Waals surface area contributed by atoms with Crippen molar-refractivity contribution in [2.75, 3.05) is 4.90 Å². The molecule has 1 aliphatic rings. The third-order valence-corrected chi connectivity index (χ3v) is 6.31. The zero-order valence-corrected chi connectivity index (χ0v) is 20.8. The first kappa shape index (κ1) is 23.3. The Bertz CT molecular complexity index is 1300. The summed E-state index contributed by atoms with van der Waals surface area (Å²) in [6.45, 7) is 0.365. The molecule has 3 aromatic rings. The van der Waals surface area contributed by atoms with E-state index in [-0.39, 0.29) is 16.4 Å². The van der Waals surface area contributed by atoms with E-state index in [2.05, 4.69) is 37.2 Å². The SMILES string of the molecule is O=C1NC(=S)N(c2ccccc2F)C(=O)/C1=C/c1ccc(OCc2ccc(Br)cc2Br)cc1. The van der Waals surface area contributed by atoms with Crippen LogP contribution < -0.4 is 15.0 Å². The number of para-hydroxylation sites is 1. The van der Waals surface area contributed by atoms with E-state index in [9.17, 15) is 14.0 Å². The lowest BCUT2D eigenvalue weighted by Crippen LogP contribution is -2.54. The molecular formula is C24H15Br2FN2O3S. The molecule has 0 unspecified atom stereocenters. The molecule has 0 spiro atoms. The third-order valence-electron chi connectivity index (χ3n) is 4.80. The molecule has 1 heterocycles. The number of thiocarbonyl (C=S) groups is 1. The normalized spacial score (nSPS) is 15.1. The topological polar surface area (TPSA) is 58.6 Å². The van der Waals surface area contributed by atoms with E-state index in [4.69, 9.17) is 17.0 Å². The summed E-state index contributed by atoms with van der Waals surface area (Å²) in [4.78, 5) is 26.4. The second-order valence-electron chi connectivity index (χ2n) is 7.00. The highest BCUT2D eigenvalue weighted by molar-refractivity contribution is 9.11. The molecule has 1 fully saturated rings. The molecule has 0 aromatic heterocycles. The van der Waals surface area contributed by atoms with Crippen molar-refractivity contribution in [3.63, 3.8) is 0 Å². The Kier molecular flexibility index (Phi) is 7.02. The van der Waals surface area contributed by atoms with Gasteiger partial charge in [-0.1, -0.05) is 62.2 Å². The fourth-order valence-electron chi connectivity index (χ4n) is 3.14. The lowest BCUT2D eigenvalue weighted by Gasteiger charge is -2.29. The number of benzene rings is 3. The zero-order valence-electron chi connectivity index (χ0n) is 16.8. The van der Waals surface area contributed by atoms with Crippen LogP contribution in [0.2, 0.25) is 0 Å². The minimum absolute atomic E-state index is 0.0266. The molecule has 0 atom stereocenters. The van der Waals surface area contributed by atoms with Gasteiger partial charge in [-0.15, -0.1) is 0 Å². The molecule has 2 amide bonds. The van der Waals surface area contributed by atoms with Crippen molar-refractivity contribution in [2.45, 2.75) is 6.61 Å². The smallest absolute Gasteiger partial charge is 0.270 e. The Morgan fingerprint density at radius 2 is 1.76 bits per heavy atom. The van der Waals surface area contributed by atoms with Crippen molar-refractivity contribution >= 4 is 72.8 Å². The van der Waals surface area contributed by atoms with Gasteiger partial charge >= 0.3 is 0 Å². The predicted molar refractivity (Wildman–Crippen MR) is 135 cm³/mol. The Balaban J connectivity index is 1.52. The number of rotatable bonds is 5. The van der Waals surface area contributed by atoms with Crippen LogP contribution in [0.1, 0.15) is 11.1 Å². The molecule has 0 radical (unpaired) electrons. The molecular weight excluding hydrogens is 575 g/mol. The van der Waals surface area contributed by atoms with E-state index in [1.165, 1.54) is 24.3 Å². The molecule has 9 heteroatoms. The standard InChI is InChI=1S/C24H15Br2FN2O3S/c25-16-8-7-15(19(26)12-16)13-32-17-9-5-14(6-10-17)11-18-22(30)28-24(33)29(23(18)31)21-4-2-1-3-20(21)27/h1-12H,13H2,(H,28,30,33)/b18-11+. The van der Waals surface area contributed by atoms with Crippen LogP contribution in [0.5, 0.6) is 5.75 Å². The van der Waals surface area contributed by atoms with Gasteiger partial charge in [0.05, 0.1) is 5.69 Å². The van der Waals surface area contributed by atoms with Crippen molar-refractivity contribution in [1.29, 1.82) is 0 Å². The highest BCUT2D eigenvalue weighted by Gasteiger charge is 2.35. The van der Waals surface area contributed by atoms with Gasteiger partial charge in [0.2, 0.25) is 0 Å². The number of nitrogens with zero attached hydrogens (tertiary/aromatic N) is 1. The van der Waals surface area contributed by atoms with Gasteiger partial charge in [0.1, 0.15) is 23.7 Å². The minimum atomic E-state index is -0.700. The molecule has 0 aliphatic carbocycles. The molecule has 5 nitrogen and oxygen atoms in total. The molecule has 1 N–H and O–H groups in total. The van der Waals surface area contributed by atoms with Gasteiger partial charge in [-0.2, -0.15) is 0 Å². The molecule has 0 saturated carbocycles. The van der Waals surface area contributed by atoms with Crippen molar-refractivity contribution in [3.8, 4) is 5.75 Å². The summed E-state index contributed by atoms with van der Waals surface area (Å²) in [5.41, 5.74) is 1.41. The predicted octanol–water partition coefficient (Wildman–Crippen LogP) is 5.76. The van der Waals surface area contributed by atoms with Gasteiger partial charge in [-0.3, -0.25) is 14.9 Å². The van der Waals surface area contributed by atoms with E-state index in [0.717, 1.165) is 19.4 Å². The number of hydrogen-bond donors (Lipinski definition) is 1. The lowest BCUT2D eigenvalue weighted by atomic mass is 10.1. The zero-order chi connectivity index (χ0) is 23.5. The second-order valence-corrected chi connectivity index (χ2v) is 9.16. The van der Waals surface area contributed by atoms with Crippen molar-refractivity contribution in [1.82, 2.24) is 5.32 Å². The van der Waals surface area contributed by atoms with Gasteiger partial charge in [-0.05, 0) is 60.3 Å². The Morgan fingerprint density at radius 3 is 2.45 bits per heavy atom. The summed E-state index contributed by atoms with van der Waals surface area (Å²) in [5, 5.41) is 2.27. The number of hydrogen-bond acceptors (Lipinski definition) is 4. The molecule has 1 aliphatic heterocycles. The van der Waals surface area contributed by atoms with Gasteiger partial charge in [0, 0.05) is 14.5 Å². The summed E-state index contributed by atoms with van der Waals surface area (Å²) < 4.78 is 22.0. The largest absolute Gasteiger partial charge is 0.489 e. The summed E-state index contributed by atoms with van der Waals surface area (Å²) in [7, 11) is 0. The molecule has 1 saturated heterocycles. The number of ether oxygens (including phenoxy) is 1. The highest BCUT2D eigenvalue weighted by atomic mass is 79.9. The first-order valence-corrected chi connectivity index (χ1v) is 11.7. The summed E-state index contributed by atoms with van der Waals surface area (Å²) in [6.07, 6.45) is 1.43. The van der Waals surface area contributed by atoms with Crippen LogP contribution in [0.4, 0.5) is 10.1 Å². The number of carbonyl (C=O) groups is 2. The van der Waals surface area contributed by atoms with Crippen LogP contribution in [-0.2, 0) is 16.2 Å². The molecule has 33 heavy (non-hydrogen) atoms. The van der Waals surface area contributed by atoms with Gasteiger partial charge < -0.3 is 4.74 Å². The summed E-state index contributed by atoms with van der Waals surface area (Å²) in [6, 6.07) is 18.5. The average molecular weight is 590 g/mol. The van der Waals surface area contributed by atoms with Crippen LogP contribution in [-0.4, -0.2) is 16.9 Å². The summed E-state index contributed by atoms with van der Waals surface area (Å²) in [5.74, 6) is -1.34. The fourth-order valence-corrected chi connectivity index (χ4v) is 4.57. The van der Waals surface area contributed by atoms with Crippen LogP contribution in [0.3, 0.4) is 0 Å². The number of nitrogens with one attached hydrogen (secondary N) is 1. The highest BCUT2D eigenvalue weighted by Crippen LogP contribution is 2.26. The van der Waals surface area contributed by atoms with Crippen LogP contribution >= 0.6 is 44.1 Å². The maximum Gasteiger partial charge on any atom is 0.270 e. The Morgan fingerprint density at radius 1 is 1.03 bits per heavy atom. The van der Waals surface area contributed by atoms with Crippen molar-refractivity contribution in [2.24, 2.45) is 0 Å². The molecule has 3 aromatic carbocycles. The number of carbonyl (C=O) groups excluding carboxylic acids is 2. The van der Waals surface area contributed by atoms with E-state index >= 15 is 0 Å². The van der Waals surface area contributed by atoms with Crippen LogP contribution in [0, 0.1) is 5.82 Å². The fraction of sp³-hybridized carbons (Fsp3) is 0.0417. The third kappa shape index (κ3) is 5.21. The van der Waals surface area contributed by atoms with Gasteiger partial charge in [0.15, 0.2) is 5.11 Å². The van der Waals surface area contributed by atoms with E-state index in [1.54, 1.807) is 30.3 Å². The first-order valence-electron chi connectivity index (χ1n) is 9.66. The van der Waals surface area contributed by atoms with E-state index in [0.29, 0.717) is 17.9 Å². The van der Waals surface area contributed by atoms with Crippen LogP contribution in [0.25, 0.3) is 6.08 Å². The van der Waals surface area contributed by atoms with Crippen molar-refractivity contribution < 1.29 is 18.7 Å². The number of amides is 2. The number of halogens is 3. The van der Waals surface area contributed by atoms with E-state index < -0.39 is 17.6 Å². The summed E-state index contributed by atoms with van der Waals surface area (Å²) >= 11 is 12.0. The number of anilines is 1. The first-order chi connectivity index (χ1) is 15.8. The Labute approximate surface area is 211 Å². The average Bonchev–Trinajstić information content (AvgIpc) is 2.78. The van der Waals surface area contributed by atoms with E-state index in [1.807, 2.05) is 18.2 Å². The Hall–Kier alpha value is -2.88. The van der Waals surface area contributed by atoms with Gasteiger partial charge in [0.25, 0.3) is 11.8 Å². The monoisotopic (exact) mass is 588 g/mol. The molecule has 166 valence electrons. The molecule has 4 rings (SSSR count). The molecule has 0 bridgehead atoms. The van der Waals surface area contributed by atoms with Crippen LogP contribution in [0.15, 0.2) is 81.2 Å². The second kappa shape index (κ2) is 9.94. The maximum absolute atomic E-state index is 14.3.